The minimum absolute atomic E-state index is 0.158. The van der Waals surface area contributed by atoms with Crippen molar-refractivity contribution in [2.75, 3.05) is 0 Å². The van der Waals surface area contributed by atoms with Crippen molar-refractivity contribution < 1.29 is 4.79 Å². The molecule has 0 aromatic heterocycles. The first-order chi connectivity index (χ1) is 9.60. The maximum atomic E-state index is 12.9. The Kier molecular flexibility index (Phi) is 4.39. The van der Waals surface area contributed by atoms with E-state index in [1.54, 1.807) is 0 Å². The highest BCUT2D eigenvalue weighted by Gasteiger charge is 2.17. The van der Waals surface area contributed by atoms with E-state index in [4.69, 9.17) is 0 Å². The molecule has 1 nitrogen and oxygen atoms in total. The van der Waals surface area contributed by atoms with Gasteiger partial charge in [-0.05, 0) is 48.9 Å². The highest BCUT2D eigenvalue weighted by Crippen LogP contribution is 2.22. The summed E-state index contributed by atoms with van der Waals surface area (Å²) < 4.78 is 0. The molecule has 0 saturated heterocycles. The number of benzene rings is 2. The largest absolute Gasteiger partial charge is 0.289 e. The van der Waals surface area contributed by atoms with Crippen LogP contribution in [0.2, 0.25) is 0 Å². The third-order valence-electron chi connectivity index (χ3n) is 4.02. The zero-order valence-corrected chi connectivity index (χ0v) is 12.8. The van der Waals surface area contributed by atoms with E-state index in [-0.39, 0.29) is 5.78 Å². The van der Waals surface area contributed by atoms with E-state index in [0.717, 1.165) is 24.0 Å². The lowest BCUT2D eigenvalue weighted by Crippen LogP contribution is -2.10. The molecule has 0 aliphatic heterocycles. The summed E-state index contributed by atoms with van der Waals surface area (Å²) in [6.07, 6.45) is 1.78. The second-order valence-corrected chi connectivity index (χ2v) is 5.24. The standard InChI is InChI=1S/C19H22O/c1-5-15-13(3)9-7-11-17(15)19(20)18-12-8-10-14(4)16(18)6-2/h7-12H,5-6H2,1-4H3. The molecule has 20 heavy (non-hydrogen) atoms. The van der Waals surface area contributed by atoms with E-state index in [1.165, 1.54) is 22.3 Å². The molecule has 0 saturated carbocycles. The van der Waals surface area contributed by atoms with Gasteiger partial charge in [0.15, 0.2) is 5.78 Å². The predicted molar refractivity (Wildman–Crippen MR) is 84.5 cm³/mol. The van der Waals surface area contributed by atoms with Crippen LogP contribution in [0.4, 0.5) is 0 Å². The molecule has 2 aromatic carbocycles. The fourth-order valence-electron chi connectivity index (χ4n) is 2.91. The molecule has 104 valence electrons. The number of hydrogen-bond donors (Lipinski definition) is 0. The maximum absolute atomic E-state index is 12.9. The molecule has 0 amide bonds. The summed E-state index contributed by atoms with van der Waals surface area (Å²) in [5.41, 5.74) is 6.44. The summed E-state index contributed by atoms with van der Waals surface area (Å²) in [5, 5.41) is 0. The number of aryl methyl sites for hydroxylation is 2. The normalized spacial score (nSPS) is 10.6. The van der Waals surface area contributed by atoms with Crippen LogP contribution in [0.25, 0.3) is 0 Å². The molecule has 0 aliphatic rings. The van der Waals surface area contributed by atoms with Crippen molar-refractivity contribution in [1.82, 2.24) is 0 Å². The lowest BCUT2D eigenvalue weighted by molar-refractivity contribution is 0.103. The summed E-state index contributed by atoms with van der Waals surface area (Å²) >= 11 is 0. The molecule has 0 radical (unpaired) electrons. The minimum Gasteiger partial charge on any atom is -0.289 e. The summed E-state index contributed by atoms with van der Waals surface area (Å²) in [5.74, 6) is 0.158. The lowest BCUT2D eigenvalue weighted by Gasteiger charge is -2.13. The predicted octanol–water partition coefficient (Wildman–Crippen LogP) is 4.66. The Balaban J connectivity index is 2.58. The van der Waals surface area contributed by atoms with Crippen LogP contribution < -0.4 is 0 Å². The van der Waals surface area contributed by atoms with Gasteiger partial charge in [-0.25, -0.2) is 0 Å². The maximum Gasteiger partial charge on any atom is 0.193 e. The molecule has 1 heteroatoms. The minimum atomic E-state index is 0.158. The number of hydrogen-bond acceptors (Lipinski definition) is 1. The summed E-state index contributed by atoms with van der Waals surface area (Å²) in [6, 6.07) is 12.0. The third kappa shape index (κ3) is 2.53. The fraction of sp³-hybridized carbons (Fsp3) is 0.316. The molecule has 0 unspecified atom stereocenters. The highest BCUT2D eigenvalue weighted by atomic mass is 16.1. The monoisotopic (exact) mass is 266 g/mol. The van der Waals surface area contributed by atoms with Crippen molar-refractivity contribution in [2.24, 2.45) is 0 Å². The van der Waals surface area contributed by atoms with Gasteiger partial charge in [0.25, 0.3) is 0 Å². The molecular formula is C19H22O. The van der Waals surface area contributed by atoms with Crippen LogP contribution in [0.1, 0.15) is 52.0 Å². The van der Waals surface area contributed by atoms with Gasteiger partial charge in [-0.2, -0.15) is 0 Å². The van der Waals surface area contributed by atoms with Crippen molar-refractivity contribution in [2.45, 2.75) is 40.5 Å². The van der Waals surface area contributed by atoms with E-state index >= 15 is 0 Å². The molecule has 0 N–H and O–H groups in total. The van der Waals surface area contributed by atoms with E-state index in [2.05, 4.69) is 39.8 Å². The molecule has 2 aromatic rings. The summed E-state index contributed by atoms with van der Waals surface area (Å²) in [7, 11) is 0. The van der Waals surface area contributed by atoms with Crippen LogP contribution in [0, 0.1) is 13.8 Å². The molecular weight excluding hydrogens is 244 g/mol. The van der Waals surface area contributed by atoms with Gasteiger partial charge in [-0.1, -0.05) is 50.2 Å². The Morgan fingerprint density at radius 2 is 1.20 bits per heavy atom. The third-order valence-corrected chi connectivity index (χ3v) is 4.02. The Bertz CT molecular complexity index is 583. The second kappa shape index (κ2) is 6.04. The molecule has 0 aliphatic carbocycles. The Morgan fingerprint density at radius 3 is 1.55 bits per heavy atom. The van der Waals surface area contributed by atoms with Gasteiger partial charge >= 0.3 is 0 Å². The van der Waals surface area contributed by atoms with E-state index < -0.39 is 0 Å². The Labute approximate surface area is 121 Å². The first-order valence-electron chi connectivity index (χ1n) is 7.31. The Hall–Kier alpha value is -1.89. The van der Waals surface area contributed by atoms with Crippen LogP contribution in [0.5, 0.6) is 0 Å². The van der Waals surface area contributed by atoms with Crippen molar-refractivity contribution >= 4 is 5.78 Å². The van der Waals surface area contributed by atoms with Gasteiger partial charge in [0.1, 0.15) is 0 Å². The van der Waals surface area contributed by atoms with E-state index in [0.29, 0.717) is 0 Å². The Morgan fingerprint density at radius 1 is 0.800 bits per heavy atom. The lowest BCUT2D eigenvalue weighted by atomic mass is 9.89. The number of carbonyl (C=O) groups is 1. The first kappa shape index (κ1) is 14.5. The molecule has 0 bridgehead atoms. The molecule has 0 heterocycles. The van der Waals surface area contributed by atoms with Crippen LogP contribution in [0.15, 0.2) is 36.4 Å². The van der Waals surface area contributed by atoms with E-state index in [9.17, 15) is 4.79 Å². The summed E-state index contributed by atoms with van der Waals surface area (Å²) in [6.45, 7) is 8.37. The van der Waals surface area contributed by atoms with Crippen molar-refractivity contribution in [3.63, 3.8) is 0 Å². The highest BCUT2D eigenvalue weighted by molar-refractivity contribution is 6.11. The topological polar surface area (TPSA) is 17.1 Å². The molecule has 2 rings (SSSR count). The molecule has 0 atom stereocenters. The smallest absolute Gasteiger partial charge is 0.193 e. The van der Waals surface area contributed by atoms with Crippen molar-refractivity contribution in [1.29, 1.82) is 0 Å². The van der Waals surface area contributed by atoms with Gasteiger partial charge in [0, 0.05) is 11.1 Å². The van der Waals surface area contributed by atoms with Gasteiger partial charge in [0.2, 0.25) is 0 Å². The number of ketones is 1. The average Bonchev–Trinajstić information content (AvgIpc) is 2.46. The number of rotatable bonds is 4. The average molecular weight is 266 g/mol. The second-order valence-electron chi connectivity index (χ2n) is 5.24. The zero-order chi connectivity index (χ0) is 14.7. The van der Waals surface area contributed by atoms with Crippen molar-refractivity contribution in [3.8, 4) is 0 Å². The fourth-order valence-corrected chi connectivity index (χ4v) is 2.91. The molecule has 0 spiro atoms. The quantitative estimate of drug-likeness (QED) is 0.736. The van der Waals surface area contributed by atoms with Gasteiger partial charge in [-0.15, -0.1) is 0 Å². The van der Waals surface area contributed by atoms with E-state index in [1.807, 2.05) is 24.3 Å². The van der Waals surface area contributed by atoms with Gasteiger partial charge < -0.3 is 0 Å². The van der Waals surface area contributed by atoms with Gasteiger partial charge in [-0.3, -0.25) is 4.79 Å². The van der Waals surface area contributed by atoms with Crippen LogP contribution in [-0.4, -0.2) is 5.78 Å². The van der Waals surface area contributed by atoms with Crippen LogP contribution >= 0.6 is 0 Å². The summed E-state index contributed by atoms with van der Waals surface area (Å²) in [4.78, 5) is 12.9. The first-order valence-corrected chi connectivity index (χ1v) is 7.31. The SMILES string of the molecule is CCc1c(C)cccc1C(=O)c1cccc(C)c1CC. The van der Waals surface area contributed by atoms with Crippen LogP contribution in [0.3, 0.4) is 0 Å². The van der Waals surface area contributed by atoms with Gasteiger partial charge in [0.05, 0.1) is 0 Å². The van der Waals surface area contributed by atoms with Crippen LogP contribution in [-0.2, 0) is 12.8 Å². The zero-order valence-electron chi connectivity index (χ0n) is 12.8. The number of carbonyl (C=O) groups excluding carboxylic acids is 1. The molecule has 0 fully saturated rings. The van der Waals surface area contributed by atoms with Crippen molar-refractivity contribution in [3.05, 3.63) is 69.8 Å².